The first kappa shape index (κ1) is 22.8. The summed E-state index contributed by atoms with van der Waals surface area (Å²) in [6, 6.07) is 9.98. The van der Waals surface area contributed by atoms with Gasteiger partial charge in [0.2, 0.25) is 0 Å². The van der Waals surface area contributed by atoms with Crippen molar-refractivity contribution in [3.05, 3.63) is 60.7 Å². The fraction of sp³-hybridized carbons (Fsp3) is 0.393. The molecule has 2 fully saturated rings. The summed E-state index contributed by atoms with van der Waals surface area (Å²) in [6.07, 6.45) is 12.1. The third kappa shape index (κ3) is 4.48. The highest BCUT2D eigenvalue weighted by Gasteiger charge is 2.33. The lowest BCUT2D eigenvalue weighted by Gasteiger charge is -2.40. The van der Waals surface area contributed by atoms with Gasteiger partial charge in [0.25, 0.3) is 0 Å². The summed E-state index contributed by atoms with van der Waals surface area (Å²) in [7, 11) is 0. The molecule has 1 aliphatic heterocycles. The summed E-state index contributed by atoms with van der Waals surface area (Å²) in [5.74, 6) is 3.55. The molecule has 4 aromatic rings. The lowest BCUT2D eigenvalue weighted by atomic mass is 9.78. The van der Waals surface area contributed by atoms with E-state index in [9.17, 15) is 0 Å². The number of hydrogen-bond donors (Lipinski definition) is 3. The average Bonchev–Trinajstić information content (AvgIpc) is 2.85. The Kier molecular flexibility index (Phi) is 5.97. The SMILES string of the molecule is CC1(C)CNCCC1Nc1nc(-c2ccnc(Nc3ccccn3)c2)nc2cncc(C3CCC3)c12. The van der Waals surface area contributed by atoms with Gasteiger partial charge in [-0.25, -0.2) is 19.9 Å². The van der Waals surface area contributed by atoms with Crippen molar-refractivity contribution in [2.45, 2.75) is 51.5 Å². The summed E-state index contributed by atoms with van der Waals surface area (Å²) in [6.45, 7) is 6.60. The van der Waals surface area contributed by atoms with Crippen LogP contribution in [0.5, 0.6) is 0 Å². The van der Waals surface area contributed by atoms with E-state index >= 15 is 0 Å². The molecular weight excluding hydrogens is 448 g/mol. The largest absolute Gasteiger partial charge is 0.366 e. The van der Waals surface area contributed by atoms with E-state index in [1.54, 1.807) is 12.4 Å². The Balaban J connectivity index is 1.43. The second kappa shape index (κ2) is 9.43. The van der Waals surface area contributed by atoms with Crippen LogP contribution in [0.4, 0.5) is 17.5 Å². The van der Waals surface area contributed by atoms with Gasteiger partial charge in [0.15, 0.2) is 5.82 Å². The highest BCUT2D eigenvalue weighted by molar-refractivity contribution is 5.93. The smallest absolute Gasteiger partial charge is 0.162 e. The molecule has 1 atom stereocenters. The predicted octanol–water partition coefficient (Wildman–Crippen LogP) is 5.29. The quantitative estimate of drug-likeness (QED) is 0.342. The topological polar surface area (TPSA) is 101 Å². The number of anilines is 3. The summed E-state index contributed by atoms with van der Waals surface area (Å²) in [5, 5.41) is 11.8. The Morgan fingerprint density at radius 3 is 2.64 bits per heavy atom. The molecule has 184 valence electrons. The zero-order valence-corrected chi connectivity index (χ0v) is 20.8. The van der Waals surface area contributed by atoms with Crippen molar-refractivity contribution >= 4 is 28.4 Å². The van der Waals surface area contributed by atoms with Crippen molar-refractivity contribution in [2.75, 3.05) is 23.7 Å². The number of rotatable bonds is 6. The predicted molar refractivity (Wildman–Crippen MR) is 143 cm³/mol. The van der Waals surface area contributed by atoms with Crippen LogP contribution in [-0.4, -0.2) is 44.1 Å². The van der Waals surface area contributed by atoms with Crippen LogP contribution in [0.15, 0.2) is 55.1 Å². The molecule has 0 radical (unpaired) electrons. The minimum atomic E-state index is 0.107. The monoisotopic (exact) mass is 480 g/mol. The zero-order valence-electron chi connectivity index (χ0n) is 20.8. The second-order valence-electron chi connectivity index (χ2n) is 10.6. The molecule has 6 rings (SSSR count). The van der Waals surface area contributed by atoms with Gasteiger partial charge in [-0.1, -0.05) is 26.3 Å². The highest BCUT2D eigenvalue weighted by Crippen LogP contribution is 2.42. The Labute approximate surface area is 211 Å². The molecule has 0 bridgehead atoms. The maximum absolute atomic E-state index is 5.14. The van der Waals surface area contributed by atoms with Gasteiger partial charge in [-0.15, -0.1) is 0 Å². The van der Waals surface area contributed by atoms with Crippen LogP contribution in [0.1, 0.15) is 51.0 Å². The van der Waals surface area contributed by atoms with Gasteiger partial charge in [-0.05, 0) is 67.0 Å². The highest BCUT2D eigenvalue weighted by atomic mass is 15.1. The fourth-order valence-corrected chi connectivity index (χ4v) is 5.18. The minimum Gasteiger partial charge on any atom is -0.366 e. The average molecular weight is 481 g/mol. The van der Waals surface area contributed by atoms with Gasteiger partial charge in [-0.3, -0.25) is 4.98 Å². The van der Waals surface area contributed by atoms with Crippen molar-refractivity contribution in [2.24, 2.45) is 5.41 Å². The molecule has 8 heteroatoms. The molecule has 1 unspecified atom stereocenters. The molecule has 3 N–H and O–H groups in total. The third-order valence-corrected chi connectivity index (χ3v) is 7.56. The molecule has 8 nitrogen and oxygen atoms in total. The van der Waals surface area contributed by atoms with Crippen LogP contribution in [0, 0.1) is 5.41 Å². The van der Waals surface area contributed by atoms with Crippen LogP contribution in [0.3, 0.4) is 0 Å². The first-order chi connectivity index (χ1) is 17.6. The van der Waals surface area contributed by atoms with Crippen molar-refractivity contribution < 1.29 is 0 Å². The zero-order chi connectivity index (χ0) is 24.5. The molecule has 0 amide bonds. The molecular formula is C28H32N8. The van der Waals surface area contributed by atoms with Gasteiger partial charge < -0.3 is 16.0 Å². The molecule has 36 heavy (non-hydrogen) atoms. The molecule has 2 aliphatic rings. The van der Waals surface area contributed by atoms with Gasteiger partial charge in [0.05, 0.1) is 11.7 Å². The third-order valence-electron chi connectivity index (χ3n) is 7.56. The van der Waals surface area contributed by atoms with Gasteiger partial charge in [0, 0.05) is 42.1 Å². The van der Waals surface area contributed by atoms with E-state index in [4.69, 9.17) is 9.97 Å². The fourth-order valence-electron chi connectivity index (χ4n) is 5.18. The molecule has 0 spiro atoms. The van der Waals surface area contributed by atoms with E-state index in [1.807, 2.05) is 42.7 Å². The van der Waals surface area contributed by atoms with Gasteiger partial charge >= 0.3 is 0 Å². The standard InChI is InChI=1S/C28H32N8/c1-28(2)17-29-12-10-22(28)34-27-25-20(18-6-5-7-18)15-30-16-21(25)33-26(36-27)19-9-13-32-24(14-19)35-23-8-3-4-11-31-23/h3-4,8-9,11,13-16,18,22,29H,5-7,10,12,17H2,1-2H3,(H,31,32,35)(H,33,34,36). The van der Waals surface area contributed by atoms with E-state index in [1.165, 1.54) is 24.8 Å². The van der Waals surface area contributed by atoms with Crippen LogP contribution in [0.2, 0.25) is 0 Å². The summed E-state index contributed by atoms with van der Waals surface area (Å²) < 4.78 is 0. The number of pyridine rings is 3. The molecule has 0 aromatic carbocycles. The Bertz CT molecular complexity index is 1370. The normalized spacial score (nSPS) is 19.6. The van der Waals surface area contributed by atoms with Crippen LogP contribution < -0.4 is 16.0 Å². The van der Waals surface area contributed by atoms with Crippen LogP contribution >= 0.6 is 0 Å². The first-order valence-corrected chi connectivity index (χ1v) is 12.8. The van der Waals surface area contributed by atoms with Gasteiger partial charge in [-0.2, -0.15) is 0 Å². The maximum atomic E-state index is 5.14. The Morgan fingerprint density at radius 1 is 0.972 bits per heavy atom. The van der Waals surface area contributed by atoms with Crippen LogP contribution in [0.25, 0.3) is 22.3 Å². The van der Waals surface area contributed by atoms with E-state index < -0.39 is 0 Å². The number of piperidine rings is 1. The molecule has 1 aliphatic carbocycles. The second-order valence-corrected chi connectivity index (χ2v) is 10.6. The van der Waals surface area contributed by atoms with E-state index in [2.05, 4.69) is 44.7 Å². The summed E-state index contributed by atoms with van der Waals surface area (Å²) in [5.41, 5.74) is 3.16. The lowest BCUT2D eigenvalue weighted by molar-refractivity contribution is 0.236. The molecule has 1 saturated carbocycles. The lowest BCUT2D eigenvalue weighted by Crippen LogP contribution is -2.49. The number of nitrogens with zero attached hydrogens (tertiary/aromatic N) is 5. The summed E-state index contributed by atoms with van der Waals surface area (Å²) in [4.78, 5) is 23.5. The number of nitrogens with one attached hydrogen (secondary N) is 3. The van der Waals surface area contributed by atoms with Gasteiger partial charge in [0.1, 0.15) is 17.5 Å². The Morgan fingerprint density at radius 2 is 1.86 bits per heavy atom. The Hall–Kier alpha value is -3.65. The molecule has 1 saturated heterocycles. The number of hydrogen-bond acceptors (Lipinski definition) is 8. The molecule has 5 heterocycles. The first-order valence-electron chi connectivity index (χ1n) is 12.8. The van der Waals surface area contributed by atoms with Crippen LogP contribution in [-0.2, 0) is 0 Å². The molecule has 4 aromatic heterocycles. The summed E-state index contributed by atoms with van der Waals surface area (Å²) >= 11 is 0. The van der Waals surface area contributed by atoms with Crippen molar-refractivity contribution in [1.82, 2.24) is 30.2 Å². The van der Waals surface area contributed by atoms with E-state index in [-0.39, 0.29) is 5.41 Å². The number of aromatic nitrogens is 5. The van der Waals surface area contributed by atoms with Crippen molar-refractivity contribution in [3.63, 3.8) is 0 Å². The minimum absolute atomic E-state index is 0.107. The van der Waals surface area contributed by atoms with E-state index in [0.29, 0.717) is 23.6 Å². The van der Waals surface area contributed by atoms with E-state index in [0.717, 1.165) is 47.6 Å². The van der Waals surface area contributed by atoms with Crippen molar-refractivity contribution in [3.8, 4) is 11.4 Å². The van der Waals surface area contributed by atoms with Crippen molar-refractivity contribution in [1.29, 1.82) is 0 Å². The maximum Gasteiger partial charge on any atom is 0.162 e. The number of fused-ring (bicyclic) bond motifs is 1.